The van der Waals surface area contributed by atoms with Gasteiger partial charge in [-0.1, -0.05) is 91.8 Å². The fourth-order valence-corrected chi connectivity index (χ4v) is 3.65. The van der Waals surface area contributed by atoms with Gasteiger partial charge in [-0.3, -0.25) is 4.79 Å². The van der Waals surface area contributed by atoms with E-state index in [1.165, 1.54) is 11.1 Å². The van der Waals surface area contributed by atoms with Gasteiger partial charge in [0.2, 0.25) is 0 Å². The molecule has 144 valence electrons. The molecule has 0 aliphatic carbocycles. The highest BCUT2D eigenvalue weighted by atomic mass is 16.5. The number of esters is 1. The number of ether oxygens (including phenoxy) is 1. The minimum Gasteiger partial charge on any atom is -0.425 e. The molecule has 0 saturated heterocycles. The molecule has 1 unspecified atom stereocenters. The number of carbonyl (C=O) groups excluding carboxylic acids is 1. The van der Waals surface area contributed by atoms with E-state index in [-0.39, 0.29) is 22.7 Å². The summed E-state index contributed by atoms with van der Waals surface area (Å²) in [5.74, 6) is 0.726. The van der Waals surface area contributed by atoms with Crippen LogP contribution in [0.1, 0.15) is 95.0 Å². The van der Waals surface area contributed by atoms with E-state index in [0.717, 1.165) is 22.4 Å². The van der Waals surface area contributed by atoms with E-state index in [0.29, 0.717) is 5.92 Å². The number of fused-ring (bicyclic) bond motifs is 1. The van der Waals surface area contributed by atoms with Crippen LogP contribution in [-0.2, 0) is 15.6 Å². The van der Waals surface area contributed by atoms with E-state index in [2.05, 4.69) is 91.8 Å². The molecule has 0 bridgehead atoms. The van der Waals surface area contributed by atoms with Gasteiger partial charge in [0.05, 0.1) is 0 Å². The van der Waals surface area contributed by atoms with Gasteiger partial charge in [0, 0.05) is 11.1 Å². The summed E-state index contributed by atoms with van der Waals surface area (Å²) < 4.78 is 5.84. The summed E-state index contributed by atoms with van der Waals surface area (Å²) in [6.45, 7) is 17.5. The minimum absolute atomic E-state index is 0.00666. The molecule has 0 N–H and O–H groups in total. The molecule has 2 heteroatoms. The molecule has 1 heterocycles. The fraction of sp³-hybridized carbons (Fsp3) is 0.480. The van der Waals surface area contributed by atoms with Crippen LogP contribution in [0.15, 0.2) is 36.4 Å². The molecule has 0 aromatic heterocycles. The van der Waals surface area contributed by atoms with Crippen LogP contribution in [0, 0.1) is 0 Å². The molecule has 2 aromatic carbocycles. The predicted octanol–water partition coefficient (Wildman–Crippen LogP) is 6.46. The summed E-state index contributed by atoms with van der Waals surface area (Å²) in [6.07, 6.45) is 0. The first-order valence-electron chi connectivity index (χ1n) is 9.90. The molecule has 1 atom stereocenters. The monoisotopic (exact) mass is 364 g/mol. The van der Waals surface area contributed by atoms with Crippen LogP contribution < -0.4 is 4.74 Å². The third kappa shape index (κ3) is 3.67. The second kappa shape index (κ2) is 6.51. The number of hydrogen-bond donors (Lipinski definition) is 0. The highest BCUT2D eigenvalue weighted by Crippen LogP contribution is 2.47. The van der Waals surface area contributed by atoms with Crippen LogP contribution in [0.4, 0.5) is 0 Å². The van der Waals surface area contributed by atoms with Crippen molar-refractivity contribution in [2.45, 2.75) is 78.1 Å². The lowest BCUT2D eigenvalue weighted by Crippen LogP contribution is -2.17. The zero-order valence-electron chi connectivity index (χ0n) is 17.9. The van der Waals surface area contributed by atoms with Crippen LogP contribution >= 0.6 is 0 Å². The second-order valence-electron chi connectivity index (χ2n) is 10.1. The van der Waals surface area contributed by atoms with Crippen molar-refractivity contribution in [3.05, 3.63) is 64.2 Å². The first kappa shape index (κ1) is 19.7. The van der Waals surface area contributed by atoms with Crippen molar-refractivity contribution in [3.8, 4) is 5.75 Å². The number of hydrogen-bond acceptors (Lipinski definition) is 2. The maximum absolute atomic E-state index is 12.9. The minimum atomic E-state index is -0.343. The SMILES string of the molecule is CC(C)c1ccc(C2C(=O)Oc3c2cc(C(C)(C)C)cc3C(C)(C)C)cc1. The molecule has 0 fully saturated rings. The summed E-state index contributed by atoms with van der Waals surface area (Å²) >= 11 is 0. The van der Waals surface area contributed by atoms with Gasteiger partial charge in [-0.2, -0.15) is 0 Å². The Labute approximate surface area is 164 Å². The van der Waals surface area contributed by atoms with Gasteiger partial charge in [0.1, 0.15) is 11.7 Å². The molecule has 0 saturated carbocycles. The average molecular weight is 365 g/mol. The Morgan fingerprint density at radius 2 is 1.48 bits per heavy atom. The highest BCUT2D eigenvalue weighted by Gasteiger charge is 2.39. The largest absolute Gasteiger partial charge is 0.425 e. The maximum atomic E-state index is 12.9. The van der Waals surface area contributed by atoms with Crippen molar-refractivity contribution >= 4 is 5.97 Å². The van der Waals surface area contributed by atoms with E-state index in [1.54, 1.807) is 0 Å². The molecule has 1 aliphatic heterocycles. The van der Waals surface area contributed by atoms with Gasteiger partial charge in [-0.05, 0) is 33.4 Å². The van der Waals surface area contributed by atoms with Crippen molar-refractivity contribution in [1.82, 2.24) is 0 Å². The maximum Gasteiger partial charge on any atom is 0.323 e. The lowest BCUT2D eigenvalue weighted by molar-refractivity contribution is -0.133. The van der Waals surface area contributed by atoms with E-state index >= 15 is 0 Å². The van der Waals surface area contributed by atoms with E-state index in [1.807, 2.05) is 0 Å². The van der Waals surface area contributed by atoms with Crippen molar-refractivity contribution in [2.24, 2.45) is 0 Å². The van der Waals surface area contributed by atoms with Crippen LogP contribution in [0.5, 0.6) is 5.75 Å². The van der Waals surface area contributed by atoms with Gasteiger partial charge in [0.15, 0.2) is 0 Å². The second-order valence-corrected chi connectivity index (χ2v) is 10.1. The van der Waals surface area contributed by atoms with Crippen LogP contribution in [0.25, 0.3) is 0 Å². The Kier molecular flexibility index (Phi) is 4.74. The molecular formula is C25H32O2. The third-order valence-electron chi connectivity index (χ3n) is 5.48. The predicted molar refractivity (Wildman–Crippen MR) is 112 cm³/mol. The Hall–Kier alpha value is -2.09. The summed E-state index contributed by atoms with van der Waals surface area (Å²) in [5.41, 5.74) is 5.56. The zero-order valence-corrected chi connectivity index (χ0v) is 17.9. The Balaban J connectivity index is 2.18. The highest BCUT2D eigenvalue weighted by molar-refractivity contribution is 5.90. The van der Waals surface area contributed by atoms with Crippen LogP contribution in [-0.4, -0.2) is 5.97 Å². The van der Waals surface area contributed by atoms with Crippen molar-refractivity contribution in [3.63, 3.8) is 0 Å². The lowest BCUT2D eigenvalue weighted by Gasteiger charge is -2.27. The fourth-order valence-electron chi connectivity index (χ4n) is 3.65. The van der Waals surface area contributed by atoms with Crippen molar-refractivity contribution < 1.29 is 9.53 Å². The van der Waals surface area contributed by atoms with E-state index in [4.69, 9.17) is 4.74 Å². The van der Waals surface area contributed by atoms with Crippen LogP contribution in [0.3, 0.4) is 0 Å². The molecule has 3 rings (SSSR count). The van der Waals surface area contributed by atoms with E-state index < -0.39 is 0 Å². The summed E-state index contributed by atoms with van der Waals surface area (Å²) in [7, 11) is 0. The molecule has 2 aromatic rings. The topological polar surface area (TPSA) is 26.3 Å². The number of rotatable bonds is 2. The molecule has 1 aliphatic rings. The summed E-state index contributed by atoms with van der Waals surface area (Å²) in [4.78, 5) is 12.9. The van der Waals surface area contributed by atoms with Crippen LogP contribution in [0.2, 0.25) is 0 Å². The van der Waals surface area contributed by atoms with Gasteiger partial charge >= 0.3 is 5.97 Å². The molecular weight excluding hydrogens is 332 g/mol. The van der Waals surface area contributed by atoms with Crippen molar-refractivity contribution in [1.29, 1.82) is 0 Å². The first-order chi connectivity index (χ1) is 12.4. The third-order valence-corrected chi connectivity index (χ3v) is 5.48. The molecule has 0 radical (unpaired) electrons. The Morgan fingerprint density at radius 3 is 1.96 bits per heavy atom. The Morgan fingerprint density at radius 1 is 0.889 bits per heavy atom. The zero-order chi connectivity index (χ0) is 20.1. The lowest BCUT2D eigenvalue weighted by atomic mass is 9.77. The first-order valence-corrected chi connectivity index (χ1v) is 9.90. The van der Waals surface area contributed by atoms with E-state index in [9.17, 15) is 4.79 Å². The average Bonchev–Trinajstić information content (AvgIpc) is 2.87. The normalized spacial score (nSPS) is 17.2. The van der Waals surface area contributed by atoms with Gasteiger partial charge in [0.25, 0.3) is 0 Å². The van der Waals surface area contributed by atoms with Gasteiger partial charge < -0.3 is 4.74 Å². The number of carbonyl (C=O) groups is 1. The quantitative estimate of drug-likeness (QED) is 0.452. The van der Waals surface area contributed by atoms with Crippen molar-refractivity contribution in [2.75, 3.05) is 0 Å². The smallest absolute Gasteiger partial charge is 0.323 e. The standard InChI is InChI=1S/C25H32O2/c1-15(2)16-9-11-17(12-10-16)21-19-13-18(24(3,4)5)14-20(25(6,7)8)22(19)27-23(21)26/h9-15,21H,1-8H3. The summed E-state index contributed by atoms with van der Waals surface area (Å²) in [6, 6.07) is 12.8. The number of benzene rings is 2. The molecule has 27 heavy (non-hydrogen) atoms. The van der Waals surface area contributed by atoms with Gasteiger partial charge in [-0.15, -0.1) is 0 Å². The summed E-state index contributed by atoms with van der Waals surface area (Å²) in [5, 5.41) is 0. The molecule has 0 spiro atoms. The molecule has 0 amide bonds. The molecule has 2 nitrogen and oxygen atoms in total. The van der Waals surface area contributed by atoms with Gasteiger partial charge in [-0.25, -0.2) is 0 Å². The Bertz CT molecular complexity index is 859.